The van der Waals surface area contributed by atoms with E-state index in [1.807, 2.05) is 36.5 Å². The molecular weight excluding hydrogens is 226 g/mol. The minimum Gasteiger partial charge on any atom is -0.497 e. The van der Waals surface area contributed by atoms with Crippen molar-refractivity contribution in [3.8, 4) is 11.4 Å². The third-order valence-corrected chi connectivity index (χ3v) is 3.44. The Morgan fingerprint density at radius 1 is 1.22 bits per heavy atom. The van der Waals surface area contributed by atoms with Gasteiger partial charge in [-0.3, -0.25) is 4.79 Å². The van der Waals surface area contributed by atoms with Crippen molar-refractivity contribution in [1.82, 2.24) is 4.57 Å². The second kappa shape index (κ2) is 4.33. The van der Waals surface area contributed by atoms with Gasteiger partial charge in [-0.1, -0.05) is 6.07 Å². The van der Waals surface area contributed by atoms with Gasteiger partial charge in [0.25, 0.3) is 0 Å². The Morgan fingerprint density at radius 2 is 2.11 bits per heavy atom. The first-order valence-electron chi connectivity index (χ1n) is 6.17. The summed E-state index contributed by atoms with van der Waals surface area (Å²) in [5.41, 5.74) is 3.05. The van der Waals surface area contributed by atoms with Gasteiger partial charge in [-0.15, -0.1) is 0 Å². The van der Waals surface area contributed by atoms with E-state index in [0.717, 1.165) is 35.5 Å². The first-order chi connectivity index (χ1) is 8.79. The second-order valence-electron chi connectivity index (χ2n) is 4.52. The fourth-order valence-corrected chi connectivity index (χ4v) is 2.53. The van der Waals surface area contributed by atoms with Crippen molar-refractivity contribution in [3.05, 3.63) is 47.8 Å². The molecule has 3 heteroatoms. The molecular formula is C15H15NO2. The number of fused-ring (bicyclic) bond motifs is 1. The molecule has 3 nitrogen and oxygen atoms in total. The molecule has 2 aromatic rings. The van der Waals surface area contributed by atoms with Gasteiger partial charge in [0.05, 0.1) is 7.11 Å². The van der Waals surface area contributed by atoms with Crippen molar-refractivity contribution in [2.75, 3.05) is 7.11 Å². The summed E-state index contributed by atoms with van der Waals surface area (Å²) in [5.74, 6) is 1.09. The first kappa shape index (κ1) is 11.1. The average molecular weight is 241 g/mol. The molecule has 1 heterocycles. The summed E-state index contributed by atoms with van der Waals surface area (Å²) < 4.78 is 7.33. The molecule has 92 valence electrons. The summed E-state index contributed by atoms with van der Waals surface area (Å²) in [6.45, 7) is 0. The Kier molecular flexibility index (Phi) is 2.67. The molecule has 1 aromatic heterocycles. The molecule has 0 spiro atoms. The highest BCUT2D eigenvalue weighted by Gasteiger charge is 2.20. The monoisotopic (exact) mass is 241 g/mol. The average Bonchev–Trinajstić information content (AvgIpc) is 2.84. The molecule has 0 bridgehead atoms. The van der Waals surface area contributed by atoms with Gasteiger partial charge >= 0.3 is 0 Å². The summed E-state index contributed by atoms with van der Waals surface area (Å²) in [4.78, 5) is 11.8. The van der Waals surface area contributed by atoms with E-state index < -0.39 is 0 Å². The number of nitrogens with zero attached hydrogens (tertiary/aromatic N) is 1. The summed E-state index contributed by atoms with van der Waals surface area (Å²) in [6.07, 6.45) is 4.56. The highest BCUT2D eigenvalue weighted by atomic mass is 16.5. The van der Waals surface area contributed by atoms with Gasteiger partial charge in [0.1, 0.15) is 5.75 Å². The molecule has 18 heavy (non-hydrogen) atoms. The van der Waals surface area contributed by atoms with E-state index in [1.54, 1.807) is 7.11 Å². The van der Waals surface area contributed by atoms with E-state index in [2.05, 4.69) is 4.57 Å². The lowest BCUT2D eigenvalue weighted by Gasteiger charge is -2.15. The van der Waals surface area contributed by atoms with Crippen LogP contribution in [0.5, 0.6) is 5.75 Å². The Bertz CT molecular complexity index is 598. The van der Waals surface area contributed by atoms with Crippen LogP contribution in [0.3, 0.4) is 0 Å². The number of rotatable bonds is 2. The summed E-state index contributed by atoms with van der Waals surface area (Å²) in [7, 11) is 1.66. The van der Waals surface area contributed by atoms with Crippen LogP contribution in [0.4, 0.5) is 0 Å². The Morgan fingerprint density at radius 3 is 2.94 bits per heavy atom. The molecule has 1 aliphatic rings. The lowest BCUT2D eigenvalue weighted by Crippen LogP contribution is -2.12. The van der Waals surface area contributed by atoms with Crippen LogP contribution >= 0.6 is 0 Å². The van der Waals surface area contributed by atoms with E-state index in [4.69, 9.17) is 4.74 Å². The van der Waals surface area contributed by atoms with Crippen LogP contribution < -0.4 is 4.74 Å². The van der Waals surface area contributed by atoms with E-state index in [0.29, 0.717) is 6.42 Å². The number of hydrogen-bond acceptors (Lipinski definition) is 2. The summed E-state index contributed by atoms with van der Waals surface area (Å²) in [5, 5.41) is 0. The molecule has 0 aliphatic heterocycles. The maximum atomic E-state index is 11.8. The van der Waals surface area contributed by atoms with Crippen molar-refractivity contribution in [2.24, 2.45) is 0 Å². The minimum absolute atomic E-state index is 0.262. The van der Waals surface area contributed by atoms with Crippen molar-refractivity contribution in [1.29, 1.82) is 0 Å². The van der Waals surface area contributed by atoms with Crippen LogP contribution in [0.1, 0.15) is 28.9 Å². The van der Waals surface area contributed by atoms with Crippen molar-refractivity contribution in [3.63, 3.8) is 0 Å². The van der Waals surface area contributed by atoms with Crippen LogP contribution in [-0.4, -0.2) is 17.5 Å². The predicted octanol–water partition coefficient (Wildman–Crippen LogP) is 3.00. The zero-order chi connectivity index (χ0) is 12.5. The number of carbonyl (C=O) groups is 1. The molecule has 0 atom stereocenters. The molecule has 3 rings (SSSR count). The molecule has 0 saturated carbocycles. The van der Waals surface area contributed by atoms with Gasteiger partial charge in [0.2, 0.25) is 0 Å². The number of ketones is 1. The zero-order valence-corrected chi connectivity index (χ0v) is 10.3. The quantitative estimate of drug-likeness (QED) is 0.809. The van der Waals surface area contributed by atoms with Gasteiger partial charge < -0.3 is 9.30 Å². The summed E-state index contributed by atoms with van der Waals surface area (Å²) >= 11 is 0. The topological polar surface area (TPSA) is 31.2 Å². The molecule has 1 aliphatic carbocycles. The van der Waals surface area contributed by atoms with E-state index in [-0.39, 0.29) is 5.78 Å². The number of methoxy groups -OCH3 is 1. The number of ether oxygens (including phenoxy) is 1. The standard InChI is InChI=1S/C15H15NO2/c1-18-12-5-2-4-11(10-12)16-9-8-13-14(16)6-3-7-15(13)17/h2,4-5,8-10H,3,6-7H2,1H3. The Balaban J connectivity index is 2.09. The summed E-state index contributed by atoms with van der Waals surface area (Å²) in [6, 6.07) is 9.83. The fourth-order valence-electron chi connectivity index (χ4n) is 2.53. The molecule has 0 amide bonds. The molecule has 0 saturated heterocycles. The number of aromatic nitrogens is 1. The largest absolute Gasteiger partial charge is 0.497 e. The van der Waals surface area contributed by atoms with E-state index in [9.17, 15) is 4.79 Å². The van der Waals surface area contributed by atoms with Crippen molar-refractivity contribution in [2.45, 2.75) is 19.3 Å². The Hall–Kier alpha value is -2.03. The first-order valence-corrected chi connectivity index (χ1v) is 6.17. The number of carbonyl (C=O) groups excluding carboxylic acids is 1. The van der Waals surface area contributed by atoms with Gasteiger partial charge in [-0.2, -0.15) is 0 Å². The highest BCUT2D eigenvalue weighted by molar-refractivity contribution is 5.98. The van der Waals surface area contributed by atoms with Gasteiger partial charge in [-0.25, -0.2) is 0 Å². The van der Waals surface area contributed by atoms with Gasteiger partial charge in [-0.05, 0) is 31.0 Å². The second-order valence-corrected chi connectivity index (χ2v) is 4.52. The lowest BCUT2D eigenvalue weighted by molar-refractivity contribution is 0.0972. The van der Waals surface area contributed by atoms with Gasteiger partial charge in [0.15, 0.2) is 5.78 Å². The molecule has 0 N–H and O–H groups in total. The van der Waals surface area contributed by atoms with Gasteiger partial charge in [0, 0.05) is 35.6 Å². The van der Waals surface area contributed by atoms with Crippen molar-refractivity contribution >= 4 is 5.78 Å². The normalized spacial score (nSPS) is 14.4. The zero-order valence-electron chi connectivity index (χ0n) is 10.3. The van der Waals surface area contributed by atoms with Crippen LogP contribution in [-0.2, 0) is 6.42 Å². The maximum absolute atomic E-state index is 11.8. The van der Waals surface area contributed by atoms with Crippen molar-refractivity contribution < 1.29 is 9.53 Å². The molecule has 0 fully saturated rings. The van der Waals surface area contributed by atoms with Crippen LogP contribution in [0.25, 0.3) is 5.69 Å². The lowest BCUT2D eigenvalue weighted by atomic mass is 9.97. The molecule has 0 radical (unpaired) electrons. The molecule has 0 unspecified atom stereocenters. The van der Waals surface area contributed by atoms with E-state index in [1.165, 1.54) is 0 Å². The van der Waals surface area contributed by atoms with Crippen LogP contribution in [0, 0.1) is 0 Å². The molecule has 1 aromatic carbocycles. The smallest absolute Gasteiger partial charge is 0.164 e. The van der Waals surface area contributed by atoms with Crippen LogP contribution in [0.2, 0.25) is 0 Å². The van der Waals surface area contributed by atoms with Crippen LogP contribution in [0.15, 0.2) is 36.5 Å². The third kappa shape index (κ3) is 1.72. The SMILES string of the molecule is COc1cccc(-n2ccc3c2CCCC3=O)c1. The number of benzene rings is 1. The third-order valence-electron chi connectivity index (χ3n) is 3.44. The minimum atomic E-state index is 0.262. The maximum Gasteiger partial charge on any atom is 0.164 e. The van der Waals surface area contributed by atoms with E-state index >= 15 is 0 Å². The highest BCUT2D eigenvalue weighted by Crippen LogP contribution is 2.26. The fraction of sp³-hybridized carbons (Fsp3) is 0.267. The predicted molar refractivity (Wildman–Crippen MR) is 69.6 cm³/mol. The number of Topliss-reactive ketones (excluding diaryl/α,β-unsaturated/α-hetero) is 1. The number of hydrogen-bond donors (Lipinski definition) is 0. The Labute approximate surface area is 106 Å².